The lowest BCUT2D eigenvalue weighted by atomic mass is 10.1. The summed E-state index contributed by atoms with van der Waals surface area (Å²) in [6.45, 7) is 5.01. The summed E-state index contributed by atoms with van der Waals surface area (Å²) >= 11 is 6.20. The molecule has 0 aliphatic heterocycles. The minimum Gasteiger partial charge on any atom is -0.346 e. The maximum absolute atomic E-state index is 6.20. The number of aryl methyl sites for hydroxylation is 1. The van der Waals surface area contributed by atoms with Crippen LogP contribution in [0.25, 0.3) is 10.9 Å². The average molecular weight is 223 g/mol. The first-order chi connectivity index (χ1) is 7.15. The standard InChI is InChI=1S/C12H15ClN2/c1-3-15-7-10(8(2)14)9-5-4-6-11(13)12(9)15/h4-8H,3,14H2,1-2H3. The van der Waals surface area contributed by atoms with Crippen LogP contribution < -0.4 is 5.73 Å². The lowest BCUT2D eigenvalue weighted by Crippen LogP contribution is -2.03. The summed E-state index contributed by atoms with van der Waals surface area (Å²) in [6, 6.07) is 6.00. The molecule has 0 aliphatic carbocycles. The highest BCUT2D eigenvalue weighted by molar-refractivity contribution is 6.35. The van der Waals surface area contributed by atoms with Crippen molar-refractivity contribution in [2.75, 3.05) is 0 Å². The third kappa shape index (κ3) is 1.64. The number of benzene rings is 1. The molecule has 0 bridgehead atoms. The van der Waals surface area contributed by atoms with Crippen LogP contribution in [0.1, 0.15) is 25.5 Å². The van der Waals surface area contributed by atoms with E-state index in [-0.39, 0.29) is 6.04 Å². The van der Waals surface area contributed by atoms with Crippen molar-refractivity contribution in [1.29, 1.82) is 0 Å². The first-order valence-corrected chi connectivity index (χ1v) is 5.55. The van der Waals surface area contributed by atoms with Crippen molar-refractivity contribution in [1.82, 2.24) is 4.57 Å². The molecule has 0 saturated heterocycles. The number of rotatable bonds is 2. The van der Waals surface area contributed by atoms with Gasteiger partial charge in [0.25, 0.3) is 0 Å². The van der Waals surface area contributed by atoms with Gasteiger partial charge in [0, 0.05) is 24.2 Å². The van der Waals surface area contributed by atoms with E-state index < -0.39 is 0 Å². The van der Waals surface area contributed by atoms with Crippen molar-refractivity contribution >= 4 is 22.5 Å². The van der Waals surface area contributed by atoms with Crippen LogP contribution in [0.5, 0.6) is 0 Å². The maximum atomic E-state index is 6.20. The Bertz CT molecular complexity index is 486. The zero-order valence-corrected chi connectivity index (χ0v) is 9.75. The molecule has 0 amide bonds. The van der Waals surface area contributed by atoms with Gasteiger partial charge in [-0.1, -0.05) is 23.7 Å². The third-order valence-corrected chi connectivity index (χ3v) is 3.02. The van der Waals surface area contributed by atoms with Crippen LogP contribution in [0.4, 0.5) is 0 Å². The second-order valence-electron chi connectivity index (χ2n) is 3.80. The summed E-state index contributed by atoms with van der Waals surface area (Å²) in [7, 11) is 0. The first-order valence-electron chi connectivity index (χ1n) is 5.18. The second-order valence-corrected chi connectivity index (χ2v) is 4.20. The highest BCUT2D eigenvalue weighted by Gasteiger charge is 2.12. The third-order valence-electron chi connectivity index (χ3n) is 2.71. The molecule has 1 unspecified atom stereocenters. The van der Waals surface area contributed by atoms with Crippen LogP contribution in [-0.2, 0) is 6.54 Å². The van der Waals surface area contributed by atoms with E-state index in [2.05, 4.69) is 23.8 Å². The molecule has 80 valence electrons. The minimum atomic E-state index is 0.0405. The molecule has 2 N–H and O–H groups in total. The van der Waals surface area contributed by atoms with Gasteiger partial charge in [-0.25, -0.2) is 0 Å². The number of aromatic nitrogens is 1. The summed E-state index contributed by atoms with van der Waals surface area (Å²) in [5.41, 5.74) is 8.19. The van der Waals surface area contributed by atoms with Crippen LogP contribution in [-0.4, -0.2) is 4.57 Å². The fourth-order valence-corrected chi connectivity index (χ4v) is 2.24. The van der Waals surface area contributed by atoms with E-state index in [0.29, 0.717) is 0 Å². The van der Waals surface area contributed by atoms with Crippen LogP contribution in [0, 0.1) is 0 Å². The predicted octanol–water partition coefficient (Wildman–Crippen LogP) is 3.33. The van der Waals surface area contributed by atoms with E-state index in [4.69, 9.17) is 17.3 Å². The van der Waals surface area contributed by atoms with Gasteiger partial charge in [-0.2, -0.15) is 0 Å². The van der Waals surface area contributed by atoms with E-state index in [1.807, 2.05) is 19.1 Å². The number of hydrogen-bond donors (Lipinski definition) is 1. The first kappa shape index (κ1) is 10.5. The monoisotopic (exact) mass is 222 g/mol. The van der Waals surface area contributed by atoms with Crippen molar-refractivity contribution in [3.63, 3.8) is 0 Å². The molecule has 1 atom stereocenters. The molecule has 2 nitrogen and oxygen atoms in total. The molecule has 0 fully saturated rings. The normalized spacial score (nSPS) is 13.3. The van der Waals surface area contributed by atoms with Crippen molar-refractivity contribution < 1.29 is 0 Å². The number of hydrogen-bond acceptors (Lipinski definition) is 1. The SMILES string of the molecule is CCn1cc(C(C)N)c2cccc(Cl)c21. The molecule has 2 rings (SSSR count). The van der Waals surface area contributed by atoms with Gasteiger partial charge in [-0.15, -0.1) is 0 Å². The van der Waals surface area contributed by atoms with Gasteiger partial charge in [-0.05, 0) is 25.5 Å². The van der Waals surface area contributed by atoms with Gasteiger partial charge in [0.1, 0.15) is 0 Å². The van der Waals surface area contributed by atoms with Crippen molar-refractivity contribution in [3.8, 4) is 0 Å². The van der Waals surface area contributed by atoms with Gasteiger partial charge in [0.05, 0.1) is 10.5 Å². The van der Waals surface area contributed by atoms with E-state index in [0.717, 1.165) is 22.6 Å². The molecular weight excluding hydrogens is 208 g/mol. The van der Waals surface area contributed by atoms with Crippen molar-refractivity contribution in [2.24, 2.45) is 5.73 Å². The Morgan fingerprint density at radius 3 is 2.80 bits per heavy atom. The summed E-state index contributed by atoms with van der Waals surface area (Å²) in [5.74, 6) is 0. The summed E-state index contributed by atoms with van der Waals surface area (Å²) < 4.78 is 2.15. The van der Waals surface area contributed by atoms with Gasteiger partial charge >= 0.3 is 0 Å². The number of nitrogens with zero attached hydrogens (tertiary/aromatic N) is 1. The molecule has 2 aromatic rings. The topological polar surface area (TPSA) is 30.9 Å². The Hall–Kier alpha value is -0.990. The van der Waals surface area contributed by atoms with Crippen molar-refractivity contribution in [3.05, 3.63) is 35.0 Å². The number of fused-ring (bicyclic) bond motifs is 1. The van der Waals surface area contributed by atoms with Gasteiger partial charge < -0.3 is 10.3 Å². The number of para-hydroxylation sites is 1. The Balaban J connectivity index is 2.81. The molecule has 0 aliphatic rings. The average Bonchev–Trinajstić information content (AvgIpc) is 2.58. The van der Waals surface area contributed by atoms with E-state index in [9.17, 15) is 0 Å². The van der Waals surface area contributed by atoms with Crippen LogP contribution in [0.15, 0.2) is 24.4 Å². The highest BCUT2D eigenvalue weighted by atomic mass is 35.5. The number of halogens is 1. The fourth-order valence-electron chi connectivity index (χ4n) is 1.95. The van der Waals surface area contributed by atoms with E-state index in [1.54, 1.807) is 0 Å². The maximum Gasteiger partial charge on any atom is 0.0673 e. The molecule has 3 heteroatoms. The minimum absolute atomic E-state index is 0.0405. The van der Waals surface area contributed by atoms with E-state index >= 15 is 0 Å². The molecule has 0 spiro atoms. The second kappa shape index (κ2) is 3.87. The Morgan fingerprint density at radius 1 is 1.47 bits per heavy atom. The molecule has 1 heterocycles. The van der Waals surface area contributed by atoms with Gasteiger partial charge in [0.2, 0.25) is 0 Å². The zero-order valence-electron chi connectivity index (χ0n) is 9.00. The zero-order chi connectivity index (χ0) is 11.0. The Kier molecular flexibility index (Phi) is 2.72. The highest BCUT2D eigenvalue weighted by Crippen LogP contribution is 2.30. The largest absolute Gasteiger partial charge is 0.346 e. The molecular formula is C12H15ClN2. The quantitative estimate of drug-likeness (QED) is 0.830. The molecule has 0 radical (unpaired) electrons. The van der Waals surface area contributed by atoms with Crippen LogP contribution in [0.3, 0.4) is 0 Å². The van der Waals surface area contributed by atoms with Crippen LogP contribution in [0.2, 0.25) is 5.02 Å². The van der Waals surface area contributed by atoms with Gasteiger partial charge in [0.15, 0.2) is 0 Å². The molecule has 1 aromatic heterocycles. The molecule has 15 heavy (non-hydrogen) atoms. The van der Waals surface area contributed by atoms with Crippen LogP contribution >= 0.6 is 11.6 Å². The Labute approximate surface area is 94.6 Å². The predicted molar refractivity (Wildman–Crippen MR) is 65.2 cm³/mol. The summed E-state index contributed by atoms with van der Waals surface area (Å²) in [4.78, 5) is 0. The number of nitrogens with two attached hydrogens (primary N) is 1. The van der Waals surface area contributed by atoms with Gasteiger partial charge in [-0.3, -0.25) is 0 Å². The smallest absolute Gasteiger partial charge is 0.0673 e. The lowest BCUT2D eigenvalue weighted by Gasteiger charge is -2.02. The van der Waals surface area contributed by atoms with Crippen molar-refractivity contribution in [2.45, 2.75) is 26.4 Å². The molecule has 1 aromatic carbocycles. The fraction of sp³-hybridized carbons (Fsp3) is 0.333. The van der Waals surface area contributed by atoms with E-state index in [1.165, 1.54) is 5.39 Å². The summed E-state index contributed by atoms with van der Waals surface area (Å²) in [6.07, 6.45) is 2.10. The summed E-state index contributed by atoms with van der Waals surface area (Å²) in [5, 5.41) is 1.96. The molecule has 0 saturated carbocycles. The Morgan fingerprint density at radius 2 is 2.20 bits per heavy atom. The lowest BCUT2D eigenvalue weighted by molar-refractivity contribution is 0.770.